The number of hydrogen-bond donors (Lipinski definition) is 0. The summed E-state index contributed by atoms with van der Waals surface area (Å²) in [7, 11) is 1.49. The van der Waals surface area contributed by atoms with Gasteiger partial charge in [0.25, 0.3) is 5.56 Å². The SMILES string of the molecule is COc1ccn(C2CCC3(CCCC3)C2)c(=O)c1C#N. The molecule has 1 unspecified atom stereocenters. The van der Waals surface area contributed by atoms with Crippen LogP contribution in [-0.2, 0) is 0 Å². The fourth-order valence-corrected chi connectivity index (χ4v) is 4.09. The first kappa shape index (κ1) is 13.2. The predicted octanol–water partition coefficient (Wildman–Crippen LogP) is 3.01. The number of rotatable bonds is 2. The van der Waals surface area contributed by atoms with E-state index in [2.05, 4.69) is 0 Å². The Morgan fingerprint density at radius 1 is 1.40 bits per heavy atom. The highest BCUT2D eigenvalue weighted by molar-refractivity contribution is 5.40. The highest BCUT2D eigenvalue weighted by Crippen LogP contribution is 2.53. The predicted molar refractivity (Wildman–Crippen MR) is 75.8 cm³/mol. The van der Waals surface area contributed by atoms with E-state index in [0.717, 1.165) is 12.8 Å². The Hall–Kier alpha value is -1.76. The Balaban J connectivity index is 1.92. The number of nitrogens with zero attached hydrogens (tertiary/aromatic N) is 2. The van der Waals surface area contributed by atoms with Crippen molar-refractivity contribution in [2.24, 2.45) is 5.41 Å². The van der Waals surface area contributed by atoms with Crippen molar-refractivity contribution in [1.29, 1.82) is 5.26 Å². The molecule has 0 N–H and O–H groups in total. The van der Waals surface area contributed by atoms with Crippen LogP contribution in [0.4, 0.5) is 0 Å². The van der Waals surface area contributed by atoms with Gasteiger partial charge in [-0.2, -0.15) is 5.26 Å². The maximum Gasteiger partial charge on any atom is 0.272 e. The average molecular weight is 272 g/mol. The highest BCUT2D eigenvalue weighted by Gasteiger charge is 2.41. The van der Waals surface area contributed by atoms with Crippen LogP contribution in [0.5, 0.6) is 5.75 Å². The van der Waals surface area contributed by atoms with E-state index in [-0.39, 0.29) is 17.2 Å². The van der Waals surface area contributed by atoms with Crippen molar-refractivity contribution in [3.05, 3.63) is 28.2 Å². The van der Waals surface area contributed by atoms with Crippen LogP contribution in [0, 0.1) is 16.7 Å². The first-order valence-electron chi connectivity index (χ1n) is 7.38. The van der Waals surface area contributed by atoms with Crippen LogP contribution < -0.4 is 10.3 Å². The standard InChI is InChI=1S/C16H20N2O2/c1-20-14-5-9-18(15(19)13(14)11-17)12-4-8-16(10-12)6-2-3-7-16/h5,9,12H,2-4,6-8,10H2,1H3. The lowest BCUT2D eigenvalue weighted by atomic mass is 9.84. The second-order valence-electron chi connectivity index (χ2n) is 6.19. The van der Waals surface area contributed by atoms with Crippen LogP contribution in [0.25, 0.3) is 0 Å². The number of methoxy groups -OCH3 is 1. The monoisotopic (exact) mass is 272 g/mol. The molecule has 2 aliphatic carbocycles. The van der Waals surface area contributed by atoms with E-state index >= 15 is 0 Å². The Kier molecular flexibility index (Phi) is 3.29. The molecule has 106 valence electrons. The Morgan fingerprint density at radius 2 is 2.15 bits per heavy atom. The van der Waals surface area contributed by atoms with E-state index < -0.39 is 0 Å². The zero-order chi connectivity index (χ0) is 14.2. The second kappa shape index (κ2) is 4.97. The molecule has 0 radical (unpaired) electrons. The first-order chi connectivity index (χ1) is 9.69. The normalized spacial score (nSPS) is 23.9. The zero-order valence-electron chi connectivity index (χ0n) is 11.9. The van der Waals surface area contributed by atoms with Gasteiger partial charge in [0.2, 0.25) is 0 Å². The maximum absolute atomic E-state index is 12.4. The molecule has 0 saturated heterocycles. The van der Waals surface area contributed by atoms with Crippen LogP contribution in [-0.4, -0.2) is 11.7 Å². The molecule has 0 aromatic carbocycles. The average Bonchev–Trinajstić information content (AvgIpc) is 3.09. The third kappa shape index (κ3) is 2.02. The van der Waals surface area contributed by atoms with Crippen molar-refractivity contribution in [3.8, 4) is 11.8 Å². The molecule has 0 bridgehead atoms. The van der Waals surface area contributed by atoms with Gasteiger partial charge in [0.15, 0.2) is 5.56 Å². The lowest BCUT2D eigenvalue weighted by Crippen LogP contribution is -2.26. The molecule has 3 rings (SSSR count). The van der Waals surface area contributed by atoms with E-state index in [0.29, 0.717) is 11.2 Å². The third-order valence-corrected chi connectivity index (χ3v) is 5.15. The van der Waals surface area contributed by atoms with Crippen LogP contribution in [0.15, 0.2) is 17.1 Å². The molecular weight excluding hydrogens is 252 g/mol. The van der Waals surface area contributed by atoms with Crippen molar-refractivity contribution in [3.63, 3.8) is 0 Å². The van der Waals surface area contributed by atoms with Gasteiger partial charge in [0, 0.05) is 12.2 Å². The van der Waals surface area contributed by atoms with Gasteiger partial charge in [0.1, 0.15) is 11.8 Å². The first-order valence-corrected chi connectivity index (χ1v) is 7.38. The molecule has 20 heavy (non-hydrogen) atoms. The summed E-state index contributed by atoms with van der Waals surface area (Å²) in [6.45, 7) is 0. The summed E-state index contributed by atoms with van der Waals surface area (Å²) < 4.78 is 6.85. The number of hydrogen-bond acceptors (Lipinski definition) is 3. The maximum atomic E-state index is 12.4. The smallest absolute Gasteiger partial charge is 0.272 e. The lowest BCUT2D eigenvalue weighted by Gasteiger charge is -2.23. The molecule has 2 aliphatic rings. The van der Waals surface area contributed by atoms with Crippen molar-refractivity contribution >= 4 is 0 Å². The molecule has 2 fully saturated rings. The Morgan fingerprint density at radius 3 is 2.80 bits per heavy atom. The molecule has 4 nitrogen and oxygen atoms in total. The van der Waals surface area contributed by atoms with Crippen LogP contribution in [0.2, 0.25) is 0 Å². The van der Waals surface area contributed by atoms with Gasteiger partial charge in [0.05, 0.1) is 7.11 Å². The van der Waals surface area contributed by atoms with E-state index in [1.165, 1.54) is 39.2 Å². The molecule has 4 heteroatoms. The summed E-state index contributed by atoms with van der Waals surface area (Å²) >= 11 is 0. The van der Waals surface area contributed by atoms with Gasteiger partial charge in [-0.05, 0) is 43.6 Å². The third-order valence-electron chi connectivity index (χ3n) is 5.15. The summed E-state index contributed by atoms with van der Waals surface area (Å²) in [6.07, 6.45) is 10.4. The minimum Gasteiger partial charge on any atom is -0.495 e. The molecular formula is C16H20N2O2. The summed E-state index contributed by atoms with van der Waals surface area (Å²) in [4.78, 5) is 12.4. The summed E-state index contributed by atoms with van der Waals surface area (Å²) in [5, 5.41) is 9.16. The number of ether oxygens (including phenoxy) is 1. The minimum atomic E-state index is -0.202. The zero-order valence-corrected chi connectivity index (χ0v) is 11.9. The fraction of sp³-hybridized carbons (Fsp3) is 0.625. The number of pyridine rings is 1. The second-order valence-corrected chi connectivity index (χ2v) is 6.19. The molecule has 1 atom stereocenters. The van der Waals surface area contributed by atoms with Gasteiger partial charge in [-0.15, -0.1) is 0 Å². The number of nitriles is 1. The largest absolute Gasteiger partial charge is 0.495 e. The molecule has 2 saturated carbocycles. The molecule has 1 heterocycles. The highest BCUT2D eigenvalue weighted by atomic mass is 16.5. The molecule has 1 aromatic heterocycles. The van der Waals surface area contributed by atoms with Crippen LogP contribution in [0.3, 0.4) is 0 Å². The van der Waals surface area contributed by atoms with E-state index in [1.807, 2.05) is 6.07 Å². The molecule has 1 aromatic rings. The number of aromatic nitrogens is 1. The fourth-order valence-electron chi connectivity index (χ4n) is 4.09. The van der Waals surface area contributed by atoms with E-state index in [4.69, 9.17) is 10.00 Å². The van der Waals surface area contributed by atoms with Gasteiger partial charge in [-0.3, -0.25) is 4.79 Å². The van der Waals surface area contributed by atoms with Gasteiger partial charge in [-0.1, -0.05) is 12.8 Å². The Bertz CT molecular complexity index is 606. The van der Waals surface area contributed by atoms with Crippen LogP contribution in [0.1, 0.15) is 56.6 Å². The van der Waals surface area contributed by atoms with Crippen molar-refractivity contribution in [1.82, 2.24) is 4.57 Å². The van der Waals surface area contributed by atoms with Crippen LogP contribution >= 0.6 is 0 Å². The summed E-state index contributed by atoms with van der Waals surface area (Å²) in [6, 6.07) is 3.97. The van der Waals surface area contributed by atoms with Gasteiger partial charge < -0.3 is 9.30 Å². The van der Waals surface area contributed by atoms with Gasteiger partial charge in [-0.25, -0.2) is 0 Å². The van der Waals surface area contributed by atoms with Crippen molar-refractivity contribution in [2.45, 2.75) is 51.0 Å². The molecule has 0 amide bonds. The lowest BCUT2D eigenvalue weighted by molar-refractivity contribution is 0.292. The quantitative estimate of drug-likeness (QED) is 0.831. The summed E-state index contributed by atoms with van der Waals surface area (Å²) in [5.41, 5.74) is 0.394. The minimum absolute atomic E-state index is 0.127. The van der Waals surface area contributed by atoms with E-state index in [9.17, 15) is 4.79 Å². The molecule has 0 aliphatic heterocycles. The topological polar surface area (TPSA) is 55.0 Å². The van der Waals surface area contributed by atoms with Crippen molar-refractivity contribution in [2.75, 3.05) is 7.11 Å². The molecule has 1 spiro atoms. The van der Waals surface area contributed by atoms with Crippen molar-refractivity contribution < 1.29 is 4.74 Å². The van der Waals surface area contributed by atoms with Gasteiger partial charge >= 0.3 is 0 Å². The van der Waals surface area contributed by atoms with E-state index in [1.54, 1.807) is 16.8 Å². The summed E-state index contributed by atoms with van der Waals surface area (Å²) in [5.74, 6) is 0.377. The Labute approximate surface area is 119 Å².